The molecule has 0 N–H and O–H groups in total. The van der Waals surface area contributed by atoms with Crippen LogP contribution >= 0.6 is 0 Å². The fourth-order valence-electron chi connectivity index (χ4n) is 1.15. The molecule has 0 aliphatic rings. The van der Waals surface area contributed by atoms with Crippen LogP contribution in [-0.4, -0.2) is 9.78 Å². The lowest BCUT2D eigenvalue weighted by molar-refractivity contribution is 0.480. The van der Waals surface area contributed by atoms with E-state index >= 15 is 0 Å². The van der Waals surface area contributed by atoms with Gasteiger partial charge in [-0.25, -0.2) is 0 Å². The van der Waals surface area contributed by atoms with Crippen molar-refractivity contribution < 1.29 is 0 Å². The number of hydrogen-bond donors (Lipinski definition) is 0. The van der Waals surface area contributed by atoms with Gasteiger partial charge in [0.25, 0.3) is 0 Å². The van der Waals surface area contributed by atoms with E-state index in [1.807, 2.05) is 6.20 Å². The van der Waals surface area contributed by atoms with Crippen molar-refractivity contribution in [2.24, 2.45) is 5.92 Å². The molecule has 0 amide bonds. The van der Waals surface area contributed by atoms with E-state index < -0.39 is 0 Å². The molecule has 1 aromatic rings. The molecule has 1 heterocycles. The van der Waals surface area contributed by atoms with Gasteiger partial charge in [0.1, 0.15) is 0 Å². The lowest BCUT2D eigenvalue weighted by atomic mass is 10.1. The lowest BCUT2D eigenvalue weighted by Gasteiger charge is -2.06. The summed E-state index contributed by atoms with van der Waals surface area (Å²) >= 11 is 0. The number of aromatic nitrogens is 2. The van der Waals surface area contributed by atoms with Gasteiger partial charge in [-0.1, -0.05) is 13.8 Å². The highest BCUT2D eigenvalue weighted by Crippen LogP contribution is 2.08. The first kappa shape index (κ1) is 9.30. The molecule has 2 nitrogen and oxygen atoms in total. The van der Waals surface area contributed by atoms with Crippen LogP contribution in [0.25, 0.3) is 0 Å². The smallest absolute Gasteiger partial charge is 0.0521 e. The largest absolute Gasteiger partial charge is 0.270 e. The second-order valence-electron chi connectivity index (χ2n) is 3.82. The molecular formula is C10H18N2. The van der Waals surface area contributed by atoms with Crippen LogP contribution in [0, 0.1) is 19.8 Å². The van der Waals surface area contributed by atoms with E-state index in [0.717, 1.165) is 12.5 Å². The van der Waals surface area contributed by atoms with Gasteiger partial charge in [0.05, 0.1) is 6.20 Å². The first-order valence-electron chi connectivity index (χ1n) is 4.60. The Morgan fingerprint density at radius 1 is 1.42 bits per heavy atom. The second kappa shape index (κ2) is 3.74. The maximum atomic E-state index is 4.30. The fourth-order valence-corrected chi connectivity index (χ4v) is 1.15. The molecule has 1 rings (SSSR count). The molecular weight excluding hydrogens is 148 g/mol. The van der Waals surface area contributed by atoms with Crippen molar-refractivity contribution in [1.82, 2.24) is 9.78 Å². The Bertz CT molecular complexity index is 248. The maximum absolute atomic E-state index is 4.30. The normalized spacial score (nSPS) is 11.1. The van der Waals surface area contributed by atoms with Gasteiger partial charge in [0, 0.05) is 12.2 Å². The molecule has 0 radical (unpaired) electrons. The number of aryl methyl sites for hydroxylation is 2. The first-order chi connectivity index (χ1) is 5.61. The van der Waals surface area contributed by atoms with Gasteiger partial charge in [0.2, 0.25) is 0 Å². The van der Waals surface area contributed by atoms with Crippen molar-refractivity contribution in [2.75, 3.05) is 0 Å². The Hall–Kier alpha value is -0.790. The molecule has 0 fully saturated rings. The summed E-state index contributed by atoms with van der Waals surface area (Å²) in [6.07, 6.45) is 3.15. The van der Waals surface area contributed by atoms with Crippen LogP contribution in [0.1, 0.15) is 31.5 Å². The Morgan fingerprint density at radius 2 is 2.08 bits per heavy atom. The van der Waals surface area contributed by atoms with Crippen molar-refractivity contribution in [2.45, 2.75) is 40.7 Å². The van der Waals surface area contributed by atoms with E-state index in [1.165, 1.54) is 17.7 Å². The molecule has 68 valence electrons. The van der Waals surface area contributed by atoms with E-state index in [-0.39, 0.29) is 0 Å². The minimum absolute atomic E-state index is 0.758. The van der Waals surface area contributed by atoms with Crippen LogP contribution < -0.4 is 0 Å². The topological polar surface area (TPSA) is 17.8 Å². The zero-order valence-corrected chi connectivity index (χ0v) is 8.46. The van der Waals surface area contributed by atoms with Gasteiger partial charge < -0.3 is 0 Å². The van der Waals surface area contributed by atoms with Gasteiger partial charge in [-0.3, -0.25) is 4.68 Å². The van der Waals surface area contributed by atoms with E-state index in [0.29, 0.717) is 0 Å². The van der Waals surface area contributed by atoms with Crippen LogP contribution in [0.15, 0.2) is 6.20 Å². The Morgan fingerprint density at radius 3 is 2.50 bits per heavy atom. The van der Waals surface area contributed by atoms with Gasteiger partial charge in [-0.15, -0.1) is 0 Å². The van der Waals surface area contributed by atoms with Crippen molar-refractivity contribution in [1.29, 1.82) is 0 Å². The number of nitrogens with zero attached hydrogens (tertiary/aromatic N) is 2. The number of rotatable bonds is 3. The van der Waals surface area contributed by atoms with E-state index in [1.54, 1.807) is 0 Å². The predicted octanol–water partition coefficient (Wildman–Crippen LogP) is 2.55. The monoisotopic (exact) mass is 166 g/mol. The summed E-state index contributed by atoms with van der Waals surface area (Å²) in [6.45, 7) is 9.77. The van der Waals surface area contributed by atoms with Gasteiger partial charge in [-0.05, 0) is 31.7 Å². The summed E-state index contributed by atoms with van der Waals surface area (Å²) in [6, 6.07) is 0. The molecule has 0 aliphatic heterocycles. The standard InChI is InChI=1S/C10H18N2/c1-8(2)5-6-12-10(4)9(3)7-11-12/h7-8H,5-6H2,1-4H3. The Kier molecular flexibility index (Phi) is 2.90. The Balaban J connectivity index is 2.58. The summed E-state index contributed by atoms with van der Waals surface area (Å²) in [4.78, 5) is 0. The fraction of sp³-hybridized carbons (Fsp3) is 0.700. The lowest BCUT2D eigenvalue weighted by Crippen LogP contribution is -2.04. The third-order valence-corrected chi connectivity index (χ3v) is 2.27. The van der Waals surface area contributed by atoms with Crippen molar-refractivity contribution in [3.63, 3.8) is 0 Å². The minimum Gasteiger partial charge on any atom is -0.270 e. The van der Waals surface area contributed by atoms with E-state index in [2.05, 4.69) is 37.5 Å². The summed E-state index contributed by atoms with van der Waals surface area (Å²) in [7, 11) is 0. The highest BCUT2D eigenvalue weighted by atomic mass is 15.3. The summed E-state index contributed by atoms with van der Waals surface area (Å²) in [5, 5.41) is 4.30. The molecule has 0 unspecified atom stereocenters. The summed E-state index contributed by atoms with van der Waals surface area (Å²) in [5.41, 5.74) is 2.59. The van der Waals surface area contributed by atoms with Crippen LogP contribution in [0.5, 0.6) is 0 Å². The van der Waals surface area contributed by atoms with Crippen LogP contribution in [0.4, 0.5) is 0 Å². The van der Waals surface area contributed by atoms with Crippen LogP contribution in [0.2, 0.25) is 0 Å². The highest BCUT2D eigenvalue weighted by Gasteiger charge is 2.02. The third kappa shape index (κ3) is 2.10. The van der Waals surface area contributed by atoms with Crippen molar-refractivity contribution in [3.05, 3.63) is 17.5 Å². The zero-order valence-electron chi connectivity index (χ0n) is 8.46. The molecule has 0 aromatic carbocycles. The molecule has 2 heteroatoms. The molecule has 0 aliphatic carbocycles. The van der Waals surface area contributed by atoms with E-state index in [9.17, 15) is 0 Å². The second-order valence-corrected chi connectivity index (χ2v) is 3.82. The average molecular weight is 166 g/mol. The molecule has 1 aromatic heterocycles. The van der Waals surface area contributed by atoms with Gasteiger partial charge >= 0.3 is 0 Å². The molecule has 0 bridgehead atoms. The maximum Gasteiger partial charge on any atom is 0.0521 e. The van der Waals surface area contributed by atoms with Crippen molar-refractivity contribution >= 4 is 0 Å². The quantitative estimate of drug-likeness (QED) is 0.674. The SMILES string of the molecule is Cc1cnn(CCC(C)C)c1C. The molecule has 0 atom stereocenters. The van der Waals surface area contributed by atoms with E-state index in [4.69, 9.17) is 0 Å². The predicted molar refractivity (Wildman–Crippen MR) is 51.2 cm³/mol. The van der Waals surface area contributed by atoms with Gasteiger partial charge in [-0.2, -0.15) is 5.10 Å². The van der Waals surface area contributed by atoms with Gasteiger partial charge in [0.15, 0.2) is 0 Å². The zero-order chi connectivity index (χ0) is 9.14. The first-order valence-corrected chi connectivity index (χ1v) is 4.60. The average Bonchev–Trinajstić information content (AvgIpc) is 2.30. The molecule has 0 spiro atoms. The minimum atomic E-state index is 0.758. The number of hydrogen-bond acceptors (Lipinski definition) is 1. The third-order valence-electron chi connectivity index (χ3n) is 2.27. The molecule has 12 heavy (non-hydrogen) atoms. The molecule has 0 saturated heterocycles. The van der Waals surface area contributed by atoms with Crippen LogP contribution in [0.3, 0.4) is 0 Å². The summed E-state index contributed by atoms with van der Waals surface area (Å²) < 4.78 is 2.09. The summed E-state index contributed by atoms with van der Waals surface area (Å²) in [5.74, 6) is 0.758. The van der Waals surface area contributed by atoms with Crippen LogP contribution in [-0.2, 0) is 6.54 Å². The Labute approximate surface area is 74.6 Å². The van der Waals surface area contributed by atoms with Crippen molar-refractivity contribution in [3.8, 4) is 0 Å². The highest BCUT2D eigenvalue weighted by molar-refractivity contribution is 5.12. The molecule has 0 saturated carbocycles.